The van der Waals surface area contributed by atoms with Gasteiger partial charge in [0.15, 0.2) is 0 Å². The van der Waals surface area contributed by atoms with E-state index in [1.165, 1.54) is 24.9 Å². The molecule has 4 nitrogen and oxygen atoms in total. The predicted molar refractivity (Wildman–Crippen MR) is 89.7 cm³/mol. The number of aryl methyl sites for hydroxylation is 1. The van der Waals surface area contributed by atoms with Gasteiger partial charge < -0.3 is 5.32 Å². The van der Waals surface area contributed by atoms with Crippen LogP contribution in [0.4, 0.5) is 5.95 Å². The SMILES string of the molecule is Cc1ccnc(NCC2CCCN(Cc3ccccc3)C2)n1. The summed E-state index contributed by atoms with van der Waals surface area (Å²) in [4.78, 5) is 11.2. The number of piperidine rings is 1. The lowest BCUT2D eigenvalue weighted by atomic mass is 9.97. The third-order valence-electron chi connectivity index (χ3n) is 4.20. The second-order valence-corrected chi connectivity index (χ2v) is 6.13. The minimum Gasteiger partial charge on any atom is -0.354 e. The number of hydrogen-bond acceptors (Lipinski definition) is 4. The molecule has 22 heavy (non-hydrogen) atoms. The summed E-state index contributed by atoms with van der Waals surface area (Å²) in [6.07, 6.45) is 4.37. The van der Waals surface area contributed by atoms with Crippen LogP contribution < -0.4 is 5.32 Å². The van der Waals surface area contributed by atoms with E-state index in [1.54, 1.807) is 0 Å². The van der Waals surface area contributed by atoms with Crippen molar-refractivity contribution < 1.29 is 0 Å². The van der Waals surface area contributed by atoms with Crippen LogP contribution in [0.25, 0.3) is 0 Å². The zero-order chi connectivity index (χ0) is 15.2. The molecular formula is C18H24N4. The van der Waals surface area contributed by atoms with E-state index in [0.717, 1.165) is 31.3 Å². The van der Waals surface area contributed by atoms with E-state index >= 15 is 0 Å². The molecule has 1 saturated heterocycles. The minimum absolute atomic E-state index is 0.668. The first-order chi connectivity index (χ1) is 10.8. The highest BCUT2D eigenvalue weighted by Crippen LogP contribution is 2.19. The third-order valence-corrected chi connectivity index (χ3v) is 4.20. The fourth-order valence-electron chi connectivity index (χ4n) is 3.07. The third kappa shape index (κ3) is 4.28. The molecule has 1 aromatic carbocycles. The second kappa shape index (κ2) is 7.36. The van der Waals surface area contributed by atoms with Gasteiger partial charge in [-0.3, -0.25) is 4.90 Å². The van der Waals surface area contributed by atoms with Gasteiger partial charge in [0.2, 0.25) is 5.95 Å². The summed E-state index contributed by atoms with van der Waals surface area (Å²) in [6.45, 7) is 6.35. The van der Waals surface area contributed by atoms with Gasteiger partial charge in [0.1, 0.15) is 0 Å². The second-order valence-electron chi connectivity index (χ2n) is 6.13. The molecule has 2 aromatic rings. The maximum atomic E-state index is 4.41. The van der Waals surface area contributed by atoms with E-state index in [0.29, 0.717) is 5.92 Å². The van der Waals surface area contributed by atoms with Crippen LogP contribution in [-0.2, 0) is 6.54 Å². The van der Waals surface area contributed by atoms with Crippen LogP contribution in [0.3, 0.4) is 0 Å². The zero-order valence-electron chi connectivity index (χ0n) is 13.2. The lowest BCUT2D eigenvalue weighted by molar-refractivity contribution is 0.173. The van der Waals surface area contributed by atoms with E-state index in [4.69, 9.17) is 0 Å². The lowest BCUT2D eigenvalue weighted by Crippen LogP contribution is -2.37. The average Bonchev–Trinajstić information content (AvgIpc) is 2.54. The van der Waals surface area contributed by atoms with E-state index in [9.17, 15) is 0 Å². The quantitative estimate of drug-likeness (QED) is 0.920. The Labute approximate surface area is 132 Å². The van der Waals surface area contributed by atoms with Crippen LogP contribution in [0, 0.1) is 12.8 Å². The molecule has 0 radical (unpaired) electrons. The van der Waals surface area contributed by atoms with E-state index in [-0.39, 0.29) is 0 Å². The normalized spacial score (nSPS) is 19.0. The van der Waals surface area contributed by atoms with Gasteiger partial charge in [0.05, 0.1) is 0 Å². The van der Waals surface area contributed by atoms with Crippen molar-refractivity contribution in [1.82, 2.24) is 14.9 Å². The molecule has 0 saturated carbocycles. The highest BCUT2D eigenvalue weighted by molar-refractivity contribution is 5.24. The molecule has 1 N–H and O–H groups in total. The minimum atomic E-state index is 0.668. The molecule has 4 heteroatoms. The lowest BCUT2D eigenvalue weighted by Gasteiger charge is -2.32. The van der Waals surface area contributed by atoms with Gasteiger partial charge in [0.25, 0.3) is 0 Å². The molecule has 0 amide bonds. The van der Waals surface area contributed by atoms with Crippen LogP contribution >= 0.6 is 0 Å². The van der Waals surface area contributed by atoms with Gasteiger partial charge in [-0.1, -0.05) is 30.3 Å². The van der Waals surface area contributed by atoms with Gasteiger partial charge in [-0.2, -0.15) is 0 Å². The molecule has 1 aliphatic heterocycles. The highest BCUT2D eigenvalue weighted by atomic mass is 15.1. The molecule has 1 atom stereocenters. The summed E-state index contributed by atoms with van der Waals surface area (Å²) in [6, 6.07) is 12.7. The molecule has 1 aromatic heterocycles. The van der Waals surface area contributed by atoms with Gasteiger partial charge in [0, 0.05) is 31.5 Å². The Morgan fingerprint density at radius 1 is 1.23 bits per heavy atom. The van der Waals surface area contributed by atoms with Crippen molar-refractivity contribution in [2.24, 2.45) is 5.92 Å². The summed E-state index contributed by atoms with van der Waals surface area (Å²) in [5.41, 5.74) is 2.41. The maximum absolute atomic E-state index is 4.41. The number of anilines is 1. The number of aromatic nitrogens is 2. The van der Waals surface area contributed by atoms with Crippen molar-refractivity contribution in [1.29, 1.82) is 0 Å². The highest BCUT2D eigenvalue weighted by Gasteiger charge is 2.20. The number of nitrogens with zero attached hydrogens (tertiary/aromatic N) is 3. The van der Waals surface area contributed by atoms with Crippen LogP contribution in [0.5, 0.6) is 0 Å². The van der Waals surface area contributed by atoms with Crippen LogP contribution in [0.15, 0.2) is 42.6 Å². The Morgan fingerprint density at radius 2 is 2.09 bits per heavy atom. The number of hydrogen-bond donors (Lipinski definition) is 1. The Kier molecular flexibility index (Phi) is 5.01. The predicted octanol–water partition coefficient (Wildman–Crippen LogP) is 3.11. The standard InChI is InChI=1S/C18H24N4/c1-15-9-10-19-18(21-15)20-12-17-8-5-11-22(14-17)13-16-6-3-2-4-7-16/h2-4,6-7,9-10,17H,5,8,11-14H2,1H3,(H,19,20,21). The number of rotatable bonds is 5. The number of likely N-dealkylation sites (tertiary alicyclic amines) is 1. The summed E-state index contributed by atoms with van der Waals surface area (Å²) in [5.74, 6) is 1.42. The molecule has 1 aliphatic rings. The fraction of sp³-hybridized carbons (Fsp3) is 0.444. The molecule has 2 heterocycles. The first-order valence-electron chi connectivity index (χ1n) is 8.09. The summed E-state index contributed by atoms with van der Waals surface area (Å²) >= 11 is 0. The molecular weight excluding hydrogens is 272 g/mol. The maximum Gasteiger partial charge on any atom is 0.222 e. The first-order valence-corrected chi connectivity index (χ1v) is 8.09. The molecule has 0 spiro atoms. The number of nitrogens with one attached hydrogen (secondary N) is 1. The van der Waals surface area contributed by atoms with Gasteiger partial charge >= 0.3 is 0 Å². The summed E-state index contributed by atoms with van der Waals surface area (Å²) in [7, 11) is 0. The molecule has 0 aliphatic carbocycles. The van der Waals surface area contributed by atoms with E-state index in [2.05, 4.69) is 50.5 Å². The molecule has 116 valence electrons. The fourth-order valence-corrected chi connectivity index (χ4v) is 3.07. The molecule has 3 rings (SSSR count). The van der Waals surface area contributed by atoms with Crippen molar-refractivity contribution in [3.05, 3.63) is 53.9 Å². The molecule has 1 unspecified atom stereocenters. The van der Waals surface area contributed by atoms with Crippen molar-refractivity contribution in [2.45, 2.75) is 26.3 Å². The van der Waals surface area contributed by atoms with Crippen molar-refractivity contribution >= 4 is 5.95 Å². The largest absolute Gasteiger partial charge is 0.354 e. The van der Waals surface area contributed by atoms with Crippen LogP contribution in [0.1, 0.15) is 24.1 Å². The summed E-state index contributed by atoms with van der Waals surface area (Å²) in [5, 5.41) is 3.39. The van der Waals surface area contributed by atoms with Crippen molar-refractivity contribution in [3.8, 4) is 0 Å². The van der Waals surface area contributed by atoms with Gasteiger partial charge in [-0.05, 0) is 43.9 Å². The Hall–Kier alpha value is -1.94. The topological polar surface area (TPSA) is 41.1 Å². The zero-order valence-corrected chi connectivity index (χ0v) is 13.2. The Bertz CT molecular complexity index is 585. The summed E-state index contributed by atoms with van der Waals surface area (Å²) < 4.78 is 0. The van der Waals surface area contributed by atoms with Gasteiger partial charge in [-0.15, -0.1) is 0 Å². The van der Waals surface area contributed by atoms with Crippen molar-refractivity contribution in [2.75, 3.05) is 25.0 Å². The van der Waals surface area contributed by atoms with Crippen molar-refractivity contribution in [3.63, 3.8) is 0 Å². The average molecular weight is 296 g/mol. The first kappa shape index (κ1) is 15.0. The van der Waals surface area contributed by atoms with Crippen LogP contribution in [-0.4, -0.2) is 34.5 Å². The monoisotopic (exact) mass is 296 g/mol. The van der Waals surface area contributed by atoms with E-state index < -0.39 is 0 Å². The Morgan fingerprint density at radius 3 is 2.91 bits per heavy atom. The molecule has 0 bridgehead atoms. The van der Waals surface area contributed by atoms with E-state index in [1.807, 2.05) is 19.2 Å². The van der Waals surface area contributed by atoms with Gasteiger partial charge in [-0.25, -0.2) is 9.97 Å². The Balaban J connectivity index is 1.50. The molecule has 1 fully saturated rings. The van der Waals surface area contributed by atoms with Crippen LogP contribution in [0.2, 0.25) is 0 Å². The number of benzene rings is 1. The smallest absolute Gasteiger partial charge is 0.222 e.